The van der Waals surface area contributed by atoms with Gasteiger partial charge in [-0.25, -0.2) is 9.07 Å². The zero-order valence-electron chi connectivity index (χ0n) is 17.9. The van der Waals surface area contributed by atoms with Crippen LogP contribution in [0.1, 0.15) is 5.56 Å². The summed E-state index contributed by atoms with van der Waals surface area (Å²) in [5.41, 5.74) is 1.76. The molecule has 0 radical (unpaired) electrons. The molecule has 0 saturated carbocycles. The van der Waals surface area contributed by atoms with Crippen molar-refractivity contribution in [3.63, 3.8) is 0 Å². The summed E-state index contributed by atoms with van der Waals surface area (Å²) in [6.07, 6.45) is 0. The number of ketones is 1. The number of thioether (sulfide) groups is 1. The first kappa shape index (κ1) is 23.8. The van der Waals surface area contributed by atoms with Crippen LogP contribution in [-0.2, 0) is 9.53 Å². The number of morpholine rings is 1. The number of hydrogen-bond acceptors (Lipinski definition) is 8. The lowest BCUT2D eigenvalue weighted by Crippen LogP contribution is -2.36. The van der Waals surface area contributed by atoms with Crippen LogP contribution in [0, 0.1) is 17.1 Å². The molecular weight excluding hydrogens is 479 g/mol. The van der Waals surface area contributed by atoms with E-state index >= 15 is 0 Å². The van der Waals surface area contributed by atoms with Crippen molar-refractivity contribution in [3.8, 4) is 17.5 Å². The summed E-state index contributed by atoms with van der Waals surface area (Å²) in [7, 11) is 0. The topological polar surface area (TPSA) is 110 Å². The molecule has 11 heteroatoms. The molecule has 3 aromatic rings. The van der Waals surface area contributed by atoms with Gasteiger partial charge in [0.1, 0.15) is 17.5 Å². The Kier molecular flexibility index (Phi) is 7.47. The molecule has 0 atom stereocenters. The zero-order chi connectivity index (χ0) is 24.1. The van der Waals surface area contributed by atoms with Crippen LogP contribution in [0.25, 0.3) is 17.1 Å². The Morgan fingerprint density at radius 3 is 2.47 bits per heavy atom. The highest BCUT2D eigenvalue weighted by molar-refractivity contribution is 7.99. The molecule has 8 nitrogen and oxygen atoms in total. The van der Waals surface area contributed by atoms with E-state index in [9.17, 15) is 14.4 Å². The van der Waals surface area contributed by atoms with Crippen LogP contribution in [0.5, 0.6) is 0 Å². The minimum Gasteiger partial charge on any atom is -0.378 e. The first-order chi connectivity index (χ1) is 16.5. The summed E-state index contributed by atoms with van der Waals surface area (Å²) in [6.45, 7) is 1.96. The predicted octanol–water partition coefficient (Wildman–Crippen LogP) is 3.38. The van der Waals surface area contributed by atoms with Gasteiger partial charge in [0.05, 0.1) is 24.7 Å². The molecule has 1 saturated heterocycles. The molecule has 1 aliphatic rings. The van der Waals surface area contributed by atoms with Gasteiger partial charge in [-0.05, 0) is 54.1 Å². The molecule has 34 heavy (non-hydrogen) atoms. The average Bonchev–Trinajstić information content (AvgIpc) is 3.23. The van der Waals surface area contributed by atoms with Crippen molar-refractivity contribution in [2.24, 2.45) is 0 Å². The van der Waals surface area contributed by atoms with Gasteiger partial charge >= 0.3 is 0 Å². The first-order valence-electron chi connectivity index (χ1n) is 10.3. The highest BCUT2D eigenvalue weighted by Gasteiger charge is 2.24. The standard InChI is InChI=1S/C23H20ClFN6O2S/c24-17-5-1-16(2-6-17)22-28-29-23(31(22)27)34-14-20(32)19(13-26)21(30-9-11-33-12-10-30)15-3-7-18(25)8-4-15/h1-8H,9-12,14,27H2/b21-19+. The van der Waals surface area contributed by atoms with Gasteiger partial charge in [-0.1, -0.05) is 23.4 Å². The predicted molar refractivity (Wildman–Crippen MR) is 128 cm³/mol. The Labute approximate surface area is 204 Å². The van der Waals surface area contributed by atoms with Gasteiger partial charge in [-0.3, -0.25) is 4.79 Å². The summed E-state index contributed by atoms with van der Waals surface area (Å²) in [4.78, 5) is 15.1. The average molecular weight is 499 g/mol. The summed E-state index contributed by atoms with van der Waals surface area (Å²) in [5, 5.41) is 19.0. The molecule has 2 heterocycles. The Hall–Kier alpha value is -3.39. The maximum Gasteiger partial charge on any atom is 0.210 e. The third kappa shape index (κ3) is 5.22. The van der Waals surface area contributed by atoms with Crippen molar-refractivity contribution in [1.29, 1.82) is 5.26 Å². The quantitative estimate of drug-likeness (QED) is 0.228. The fourth-order valence-electron chi connectivity index (χ4n) is 3.50. The molecule has 1 aliphatic heterocycles. The minimum atomic E-state index is -0.399. The number of nitrogens with two attached hydrogens (primary N) is 1. The van der Waals surface area contributed by atoms with Crippen LogP contribution in [0.2, 0.25) is 5.02 Å². The second-order valence-corrected chi connectivity index (χ2v) is 8.72. The van der Waals surface area contributed by atoms with Crippen LogP contribution < -0.4 is 5.84 Å². The molecule has 0 aliphatic carbocycles. The van der Waals surface area contributed by atoms with Gasteiger partial charge in [-0.15, -0.1) is 10.2 Å². The molecule has 4 rings (SSSR count). The number of nitrogens with zero attached hydrogens (tertiary/aromatic N) is 5. The van der Waals surface area contributed by atoms with Crippen LogP contribution in [0.4, 0.5) is 4.39 Å². The number of nitrogen functional groups attached to an aromatic ring is 1. The molecule has 1 aromatic heterocycles. The van der Waals surface area contributed by atoms with Crippen LogP contribution in [0.3, 0.4) is 0 Å². The fraction of sp³-hybridized carbons (Fsp3) is 0.217. The summed E-state index contributed by atoms with van der Waals surface area (Å²) in [5.74, 6) is 5.69. The van der Waals surface area contributed by atoms with Gasteiger partial charge in [0, 0.05) is 23.7 Å². The third-order valence-corrected chi connectivity index (χ3v) is 6.37. The Morgan fingerprint density at radius 2 is 1.82 bits per heavy atom. The van der Waals surface area contributed by atoms with Crippen LogP contribution in [0.15, 0.2) is 59.3 Å². The van der Waals surface area contributed by atoms with Gasteiger partial charge in [0.25, 0.3) is 0 Å². The molecule has 0 bridgehead atoms. The van der Waals surface area contributed by atoms with Gasteiger partial charge in [-0.2, -0.15) is 5.26 Å². The number of benzene rings is 2. The maximum atomic E-state index is 13.5. The van der Waals surface area contributed by atoms with E-state index in [0.717, 1.165) is 17.3 Å². The fourth-order valence-corrected chi connectivity index (χ4v) is 4.36. The summed E-state index contributed by atoms with van der Waals surface area (Å²) >= 11 is 7.01. The Morgan fingerprint density at radius 1 is 1.15 bits per heavy atom. The Balaban J connectivity index is 1.59. The van der Waals surface area contributed by atoms with E-state index in [4.69, 9.17) is 22.2 Å². The van der Waals surface area contributed by atoms with Crippen LogP contribution in [-0.4, -0.2) is 57.6 Å². The number of allylic oxidation sites excluding steroid dienone is 1. The van der Waals surface area contributed by atoms with E-state index in [1.165, 1.54) is 16.8 Å². The van der Waals surface area contributed by atoms with E-state index in [1.807, 2.05) is 4.90 Å². The SMILES string of the molecule is N#C/C(C(=O)CSc1nnc(-c2ccc(Cl)cc2)n1N)=C(/c1ccc(F)cc1)N1CCOCC1. The first-order valence-corrected chi connectivity index (χ1v) is 11.7. The molecule has 174 valence electrons. The normalized spacial score (nSPS) is 14.4. The summed E-state index contributed by atoms with van der Waals surface area (Å²) in [6, 6.07) is 14.8. The van der Waals surface area contributed by atoms with Crippen LogP contribution >= 0.6 is 23.4 Å². The number of nitriles is 1. The van der Waals surface area contributed by atoms with Crippen molar-refractivity contribution >= 4 is 34.8 Å². The van der Waals surface area contributed by atoms with Crippen molar-refractivity contribution < 1.29 is 13.9 Å². The number of carbonyl (C=O) groups excluding carboxylic acids is 1. The highest BCUT2D eigenvalue weighted by Crippen LogP contribution is 2.28. The molecule has 0 unspecified atom stereocenters. The number of rotatable bonds is 7. The molecule has 0 amide bonds. The molecule has 2 aromatic carbocycles. The smallest absolute Gasteiger partial charge is 0.210 e. The van der Waals surface area contributed by atoms with Crippen molar-refractivity contribution in [1.82, 2.24) is 19.8 Å². The largest absolute Gasteiger partial charge is 0.378 e. The lowest BCUT2D eigenvalue weighted by Gasteiger charge is -2.32. The minimum absolute atomic E-state index is 0.0120. The van der Waals surface area contributed by atoms with Crippen molar-refractivity contribution in [3.05, 3.63) is 70.5 Å². The lowest BCUT2D eigenvalue weighted by molar-refractivity contribution is -0.112. The second-order valence-electron chi connectivity index (χ2n) is 7.34. The van der Waals surface area contributed by atoms with E-state index in [1.54, 1.807) is 36.4 Å². The molecule has 0 spiro atoms. The highest BCUT2D eigenvalue weighted by atomic mass is 35.5. The number of aromatic nitrogens is 3. The lowest BCUT2D eigenvalue weighted by atomic mass is 10.0. The van der Waals surface area contributed by atoms with Crippen molar-refractivity contribution in [2.75, 3.05) is 37.9 Å². The van der Waals surface area contributed by atoms with Gasteiger partial charge in [0.2, 0.25) is 5.16 Å². The molecule has 1 fully saturated rings. The third-order valence-electron chi connectivity index (χ3n) is 5.17. The van der Waals surface area contributed by atoms with Crippen molar-refractivity contribution in [2.45, 2.75) is 5.16 Å². The van der Waals surface area contributed by atoms with Gasteiger partial charge < -0.3 is 15.5 Å². The number of Topliss-reactive ketones (excluding diaryl/α,β-unsaturated/α-hetero) is 1. The number of carbonyl (C=O) groups is 1. The second kappa shape index (κ2) is 10.7. The maximum absolute atomic E-state index is 13.5. The molecular formula is C23H20ClFN6O2S. The van der Waals surface area contributed by atoms with E-state index in [2.05, 4.69) is 16.3 Å². The number of halogens is 2. The van der Waals surface area contributed by atoms with Gasteiger partial charge in [0.15, 0.2) is 11.6 Å². The molecule has 2 N–H and O–H groups in total. The Bertz CT molecular complexity index is 1250. The zero-order valence-corrected chi connectivity index (χ0v) is 19.5. The van der Waals surface area contributed by atoms with E-state index in [0.29, 0.717) is 53.6 Å². The number of hydrogen-bond donors (Lipinski definition) is 1. The number of ether oxygens (including phenoxy) is 1. The van der Waals surface area contributed by atoms with E-state index in [-0.39, 0.29) is 11.3 Å². The monoisotopic (exact) mass is 498 g/mol. The summed E-state index contributed by atoms with van der Waals surface area (Å²) < 4.78 is 20.2. The van der Waals surface area contributed by atoms with E-state index < -0.39 is 11.6 Å².